The van der Waals surface area contributed by atoms with Crippen LogP contribution in [0.3, 0.4) is 0 Å². The summed E-state index contributed by atoms with van der Waals surface area (Å²) in [7, 11) is 0. The molecule has 0 aromatic heterocycles. The van der Waals surface area contributed by atoms with E-state index in [4.69, 9.17) is 14.2 Å². The molecule has 1 amide bonds. The molecule has 10 heteroatoms. The predicted octanol–water partition coefficient (Wildman–Crippen LogP) is 6.42. The molecular weight excluding hydrogens is 626 g/mol. The number of hydrazone groups is 1. The van der Waals surface area contributed by atoms with Crippen molar-refractivity contribution >= 4 is 58.2 Å². The molecule has 3 aromatic carbocycles. The molecule has 0 aliphatic carbocycles. The minimum atomic E-state index is -0.364. The lowest BCUT2D eigenvalue weighted by Gasteiger charge is -2.15. The largest absolute Gasteiger partial charge is 0.490 e. The van der Waals surface area contributed by atoms with Gasteiger partial charge in [0.2, 0.25) is 0 Å². The van der Waals surface area contributed by atoms with Crippen molar-refractivity contribution in [2.45, 2.75) is 18.1 Å². The molecule has 1 fully saturated rings. The molecule has 0 spiro atoms. The maximum absolute atomic E-state index is 13.5. The molecule has 0 saturated carbocycles. The number of ether oxygens (including phenoxy) is 3. The smallest absolute Gasteiger partial charge is 0.277 e. The van der Waals surface area contributed by atoms with Crippen molar-refractivity contribution in [3.63, 3.8) is 0 Å². The third kappa shape index (κ3) is 8.27. The predicted molar refractivity (Wildman–Crippen MR) is 156 cm³/mol. The number of hydrogen-bond donors (Lipinski definition) is 1. The first-order chi connectivity index (χ1) is 18.0. The highest BCUT2D eigenvalue weighted by Gasteiger charge is 2.18. The first kappa shape index (κ1) is 27.6. The van der Waals surface area contributed by atoms with Crippen molar-refractivity contribution in [1.82, 2.24) is 5.43 Å². The topological polar surface area (TPSA) is 69.2 Å². The second-order valence-corrected chi connectivity index (χ2v) is 11.8. The fourth-order valence-corrected chi connectivity index (χ4v) is 7.12. The summed E-state index contributed by atoms with van der Waals surface area (Å²) in [6.45, 7) is 2.39. The van der Waals surface area contributed by atoms with Crippen molar-refractivity contribution in [2.75, 3.05) is 24.7 Å². The van der Waals surface area contributed by atoms with Gasteiger partial charge in [0.15, 0.2) is 18.1 Å². The molecule has 1 saturated heterocycles. The van der Waals surface area contributed by atoms with Crippen LogP contribution < -0.4 is 19.6 Å². The lowest BCUT2D eigenvalue weighted by atomic mass is 10.2. The molecule has 3 aromatic rings. The number of amides is 1. The van der Waals surface area contributed by atoms with Crippen LogP contribution in [-0.4, -0.2) is 36.8 Å². The third-order valence-corrected chi connectivity index (χ3v) is 9.06. The van der Waals surface area contributed by atoms with E-state index < -0.39 is 0 Å². The summed E-state index contributed by atoms with van der Waals surface area (Å²) >= 11 is 6.05. The van der Waals surface area contributed by atoms with Crippen LogP contribution in [0.25, 0.3) is 0 Å². The van der Waals surface area contributed by atoms with E-state index in [9.17, 15) is 9.18 Å². The van der Waals surface area contributed by atoms with Crippen molar-refractivity contribution in [2.24, 2.45) is 5.10 Å². The number of rotatable bonds is 11. The monoisotopic (exact) mass is 652 g/mol. The van der Waals surface area contributed by atoms with Gasteiger partial charge in [0.1, 0.15) is 18.2 Å². The Morgan fingerprint density at radius 3 is 2.62 bits per heavy atom. The summed E-state index contributed by atoms with van der Waals surface area (Å²) in [5, 5.41) is 4.04. The molecule has 0 unspecified atom stereocenters. The van der Waals surface area contributed by atoms with Gasteiger partial charge < -0.3 is 14.2 Å². The minimum absolute atomic E-state index is 0.141. The molecular formula is C27H26FIN2O4S2. The maximum Gasteiger partial charge on any atom is 0.277 e. The Kier molecular flexibility index (Phi) is 10.4. The highest BCUT2D eigenvalue weighted by atomic mass is 127. The molecule has 37 heavy (non-hydrogen) atoms. The summed E-state index contributed by atoms with van der Waals surface area (Å²) in [4.78, 5) is 12.2. The van der Waals surface area contributed by atoms with Crippen LogP contribution in [0.4, 0.5) is 4.39 Å². The lowest BCUT2D eigenvalue weighted by Crippen LogP contribution is -2.24. The molecule has 1 N–H and O–H groups in total. The van der Waals surface area contributed by atoms with Gasteiger partial charge in [-0.15, -0.1) is 23.5 Å². The summed E-state index contributed by atoms with van der Waals surface area (Å²) in [5.41, 5.74) is 5.19. The number of nitrogens with zero attached hydrogens (tertiary/aromatic N) is 1. The Bertz CT molecular complexity index is 1240. The van der Waals surface area contributed by atoms with Crippen LogP contribution >= 0.6 is 46.1 Å². The fraction of sp³-hybridized carbons (Fsp3) is 0.259. The van der Waals surface area contributed by atoms with Crippen molar-refractivity contribution < 1.29 is 23.4 Å². The van der Waals surface area contributed by atoms with Crippen LogP contribution in [-0.2, 0) is 11.4 Å². The van der Waals surface area contributed by atoms with Gasteiger partial charge in [-0.3, -0.25) is 4.79 Å². The highest BCUT2D eigenvalue weighted by Crippen LogP contribution is 2.45. The Balaban J connectivity index is 1.30. The lowest BCUT2D eigenvalue weighted by molar-refractivity contribution is -0.123. The number of nitrogens with one attached hydrogen (secondary N) is 1. The average Bonchev–Trinajstić information content (AvgIpc) is 3.43. The summed E-state index contributed by atoms with van der Waals surface area (Å²) in [5.74, 6) is 3.43. The van der Waals surface area contributed by atoms with Gasteiger partial charge in [-0.25, -0.2) is 9.82 Å². The minimum Gasteiger partial charge on any atom is -0.490 e. The van der Waals surface area contributed by atoms with Gasteiger partial charge in [-0.05, 0) is 82.6 Å². The quantitative estimate of drug-likeness (QED) is 0.147. The van der Waals surface area contributed by atoms with Crippen molar-refractivity contribution in [3.8, 4) is 17.2 Å². The zero-order valence-electron chi connectivity index (χ0n) is 20.1. The zero-order chi connectivity index (χ0) is 26.0. The second-order valence-electron chi connectivity index (χ2n) is 7.91. The second kappa shape index (κ2) is 13.9. The van der Waals surface area contributed by atoms with E-state index in [-0.39, 0.29) is 24.9 Å². The Morgan fingerprint density at radius 2 is 1.89 bits per heavy atom. The number of hydrogen-bond acceptors (Lipinski definition) is 7. The van der Waals surface area contributed by atoms with Crippen LogP contribution in [0, 0.1) is 9.39 Å². The zero-order valence-corrected chi connectivity index (χ0v) is 23.9. The number of halogens is 2. The fourth-order valence-electron chi connectivity index (χ4n) is 3.48. The van der Waals surface area contributed by atoms with E-state index >= 15 is 0 Å². The normalized spacial score (nSPS) is 13.6. The van der Waals surface area contributed by atoms with E-state index in [1.54, 1.807) is 18.2 Å². The number of benzene rings is 3. The standard InChI is InChI=1S/C27H26FIN2O4S2/c1-2-33-24-14-19(13-23(29)26(24)35-16-18-4-3-5-21(28)12-18)15-30-31-25(32)17-34-22-8-6-20(7-9-22)27-36-10-11-37-27/h3-9,12-15,27H,2,10-11,16-17H2,1H3,(H,31,32)/b30-15-. The maximum atomic E-state index is 13.5. The number of carbonyl (C=O) groups excluding carboxylic acids is 1. The number of thioether (sulfide) groups is 2. The van der Waals surface area contributed by atoms with E-state index in [2.05, 4.69) is 33.1 Å². The van der Waals surface area contributed by atoms with Gasteiger partial charge in [0.05, 0.1) is 21.0 Å². The van der Waals surface area contributed by atoms with Crippen LogP contribution in [0.1, 0.15) is 28.2 Å². The van der Waals surface area contributed by atoms with Gasteiger partial charge in [0.25, 0.3) is 5.91 Å². The molecule has 6 nitrogen and oxygen atoms in total. The number of carbonyl (C=O) groups is 1. The van der Waals surface area contributed by atoms with Gasteiger partial charge in [0, 0.05) is 11.5 Å². The van der Waals surface area contributed by atoms with Gasteiger partial charge in [-0.2, -0.15) is 5.10 Å². The van der Waals surface area contributed by atoms with E-state index in [1.807, 2.05) is 60.8 Å². The van der Waals surface area contributed by atoms with Gasteiger partial charge >= 0.3 is 0 Å². The van der Waals surface area contributed by atoms with Crippen LogP contribution in [0.5, 0.6) is 17.2 Å². The molecule has 0 atom stereocenters. The summed E-state index contributed by atoms with van der Waals surface area (Å²) in [6.07, 6.45) is 1.53. The molecule has 4 rings (SSSR count). The van der Waals surface area contributed by atoms with Gasteiger partial charge in [-0.1, -0.05) is 24.3 Å². The molecule has 0 bridgehead atoms. The Labute approximate surface area is 237 Å². The van der Waals surface area contributed by atoms with Crippen molar-refractivity contribution in [3.05, 3.63) is 86.7 Å². The van der Waals surface area contributed by atoms with Crippen LogP contribution in [0.15, 0.2) is 65.8 Å². The van der Waals surface area contributed by atoms with E-state index in [1.165, 1.54) is 35.4 Å². The molecule has 194 valence electrons. The SMILES string of the molecule is CCOc1cc(/C=N\NC(=O)COc2ccc(C3SCCS3)cc2)cc(I)c1OCc1cccc(F)c1. The average molecular weight is 653 g/mol. The first-order valence-corrected chi connectivity index (χ1v) is 14.8. The van der Waals surface area contributed by atoms with E-state index in [0.717, 1.165) is 14.7 Å². The Morgan fingerprint density at radius 1 is 1.11 bits per heavy atom. The summed E-state index contributed by atoms with van der Waals surface area (Å²) in [6, 6.07) is 17.8. The molecule has 1 aliphatic rings. The third-order valence-electron chi connectivity index (χ3n) is 5.15. The highest BCUT2D eigenvalue weighted by molar-refractivity contribution is 14.1. The van der Waals surface area contributed by atoms with Crippen LogP contribution in [0.2, 0.25) is 0 Å². The molecule has 0 radical (unpaired) electrons. The van der Waals surface area contributed by atoms with E-state index in [0.29, 0.717) is 28.4 Å². The first-order valence-electron chi connectivity index (χ1n) is 11.6. The molecule has 1 heterocycles. The van der Waals surface area contributed by atoms with Crippen molar-refractivity contribution in [1.29, 1.82) is 0 Å². The summed E-state index contributed by atoms with van der Waals surface area (Å²) < 4.78 is 32.0. The molecule has 1 aliphatic heterocycles. The Hall–Kier alpha value is -2.44.